The highest BCUT2D eigenvalue weighted by Crippen LogP contribution is 2.29. The smallest absolute Gasteiger partial charge is 0.260 e. The lowest BCUT2D eigenvalue weighted by atomic mass is 10.1. The van der Waals surface area contributed by atoms with Crippen molar-refractivity contribution < 1.29 is 4.79 Å². The first-order valence-corrected chi connectivity index (χ1v) is 6.73. The van der Waals surface area contributed by atoms with Gasteiger partial charge in [0.05, 0.1) is 5.69 Å². The molecule has 1 aromatic heterocycles. The van der Waals surface area contributed by atoms with Crippen LogP contribution in [0, 0.1) is 6.92 Å². The molecule has 94 valence electrons. The zero-order valence-electron chi connectivity index (χ0n) is 10.4. The molecule has 1 amide bonds. The zero-order valence-corrected chi connectivity index (χ0v) is 11.2. The molecule has 19 heavy (non-hydrogen) atoms. The summed E-state index contributed by atoms with van der Waals surface area (Å²) in [6, 6.07) is 14.3. The molecule has 3 rings (SSSR count). The molecular weight excluding hydrogens is 256 g/mol. The maximum Gasteiger partial charge on any atom is 0.260 e. The summed E-state index contributed by atoms with van der Waals surface area (Å²) in [4.78, 5) is 16.2. The summed E-state index contributed by atoms with van der Waals surface area (Å²) >= 11 is 1.34. The van der Waals surface area contributed by atoms with E-state index in [4.69, 9.17) is 5.73 Å². The predicted octanol–water partition coefficient (Wildman–Crippen LogP) is 3.37. The number of fused-ring (bicyclic) bond motifs is 1. The van der Waals surface area contributed by atoms with Gasteiger partial charge in [-0.05, 0) is 23.8 Å². The minimum Gasteiger partial charge on any atom is -0.365 e. The zero-order chi connectivity index (χ0) is 13.4. The highest BCUT2D eigenvalue weighted by atomic mass is 32.1. The average Bonchev–Trinajstić information content (AvgIpc) is 2.80. The second-order valence-corrected chi connectivity index (χ2v) is 5.36. The molecule has 0 atom stereocenters. The van der Waals surface area contributed by atoms with E-state index in [1.54, 1.807) is 6.92 Å². The number of rotatable bonds is 2. The highest BCUT2D eigenvalue weighted by molar-refractivity contribution is 7.17. The van der Waals surface area contributed by atoms with Crippen LogP contribution >= 0.6 is 11.3 Å². The van der Waals surface area contributed by atoms with Crippen LogP contribution in [-0.2, 0) is 0 Å². The number of thiazole rings is 1. The first-order chi connectivity index (χ1) is 9.15. The second-order valence-electron chi connectivity index (χ2n) is 4.36. The van der Waals surface area contributed by atoms with Crippen LogP contribution in [0.4, 0.5) is 0 Å². The number of aromatic nitrogens is 1. The van der Waals surface area contributed by atoms with Crippen LogP contribution in [0.2, 0.25) is 0 Å². The number of amides is 1. The van der Waals surface area contributed by atoms with Crippen molar-refractivity contribution in [2.45, 2.75) is 6.92 Å². The number of nitrogens with zero attached hydrogens (tertiary/aromatic N) is 1. The van der Waals surface area contributed by atoms with Crippen LogP contribution in [0.25, 0.3) is 21.3 Å². The molecule has 0 bridgehead atoms. The number of carbonyl (C=O) groups excluding carboxylic acids is 1. The van der Waals surface area contributed by atoms with E-state index in [-0.39, 0.29) is 0 Å². The third-order valence-electron chi connectivity index (χ3n) is 3.02. The van der Waals surface area contributed by atoms with E-state index in [2.05, 4.69) is 29.2 Å². The molecule has 0 fully saturated rings. The van der Waals surface area contributed by atoms with Gasteiger partial charge in [-0.25, -0.2) is 4.98 Å². The predicted molar refractivity (Wildman–Crippen MR) is 78.3 cm³/mol. The van der Waals surface area contributed by atoms with E-state index in [0.717, 1.165) is 16.0 Å². The van der Waals surface area contributed by atoms with Crippen LogP contribution < -0.4 is 5.73 Å². The molecule has 1 heterocycles. The Morgan fingerprint density at radius 3 is 2.58 bits per heavy atom. The van der Waals surface area contributed by atoms with Gasteiger partial charge in [0.1, 0.15) is 9.88 Å². The lowest BCUT2D eigenvalue weighted by molar-refractivity contribution is 0.100. The Bertz CT molecular complexity index is 777. The van der Waals surface area contributed by atoms with Crippen LogP contribution in [0.15, 0.2) is 42.5 Å². The van der Waals surface area contributed by atoms with Crippen molar-refractivity contribution in [2.75, 3.05) is 0 Å². The maximum atomic E-state index is 11.3. The Balaban J connectivity index is 2.13. The third kappa shape index (κ3) is 2.11. The molecule has 3 aromatic rings. The van der Waals surface area contributed by atoms with Gasteiger partial charge in [-0.3, -0.25) is 4.79 Å². The van der Waals surface area contributed by atoms with E-state index >= 15 is 0 Å². The summed E-state index contributed by atoms with van der Waals surface area (Å²) in [5.41, 5.74) is 7.04. The Labute approximate surface area is 114 Å². The van der Waals surface area contributed by atoms with E-state index in [0.29, 0.717) is 10.6 Å². The van der Waals surface area contributed by atoms with Gasteiger partial charge >= 0.3 is 0 Å². The molecule has 3 nitrogen and oxygen atoms in total. The molecule has 0 aliphatic carbocycles. The summed E-state index contributed by atoms with van der Waals surface area (Å²) < 4.78 is 0. The first-order valence-electron chi connectivity index (χ1n) is 5.91. The molecule has 4 heteroatoms. The number of hydrogen-bond acceptors (Lipinski definition) is 3. The molecule has 0 unspecified atom stereocenters. The summed E-state index contributed by atoms with van der Waals surface area (Å²) in [7, 11) is 0. The van der Waals surface area contributed by atoms with Crippen molar-refractivity contribution in [1.29, 1.82) is 0 Å². The van der Waals surface area contributed by atoms with Gasteiger partial charge in [-0.15, -0.1) is 11.3 Å². The topological polar surface area (TPSA) is 56.0 Å². The third-order valence-corrected chi connectivity index (χ3v) is 4.24. The van der Waals surface area contributed by atoms with Crippen LogP contribution in [-0.4, -0.2) is 10.9 Å². The van der Waals surface area contributed by atoms with Gasteiger partial charge in [0.15, 0.2) is 0 Å². The number of carbonyl (C=O) groups is 1. The Hall–Kier alpha value is -2.20. The molecule has 0 saturated carbocycles. The maximum absolute atomic E-state index is 11.3. The number of hydrogen-bond donors (Lipinski definition) is 1. The molecule has 0 radical (unpaired) electrons. The van der Waals surface area contributed by atoms with Crippen LogP contribution in [0.1, 0.15) is 15.4 Å². The van der Waals surface area contributed by atoms with Crippen LogP contribution in [0.3, 0.4) is 0 Å². The fraction of sp³-hybridized carbons (Fsp3) is 0.0667. The normalized spacial score (nSPS) is 10.8. The highest BCUT2D eigenvalue weighted by Gasteiger charge is 2.13. The van der Waals surface area contributed by atoms with Gasteiger partial charge in [0.25, 0.3) is 5.91 Å². The largest absolute Gasteiger partial charge is 0.365 e. The Morgan fingerprint density at radius 2 is 1.89 bits per heavy atom. The van der Waals surface area contributed by atoms with Crippen molar-refractivity contribution >= 4 is 28.0 Å². The first kappa shape index (κ1) is 11.9. The molecule has 0 spiro atoms. The van der Waals surface area contributed by atoms with Gasteiger partial charge < -0.3 is 5.73 Å². The fourth-order valence-corrected chi connectivity index (χ4v) is 2.99. The molecular formula is C15H12N2OS. The van der Waals surface area contributed by atoms with Gasteiger partial charge in [-0.2, -0.15) is 0 Å². The minimum atomic E-state index is -0.415. The van der Waals surface area contributed by atoms with Crippen molar-refractivity contribution in [1.82, 2.24) is 4.98 Å². The molecule has 0 aliphatic heterocycles. The van der Waals surface area contributed by atoms with Gasteiger partial charge in [0, 0.05) is 5.56 Å². The quantitative estimate of drug-likeness (QED) is 0.774. The van der Waals surface area contributed by atoms with E-state index < -0.39 is 5.91 Å². The number of primary amides is 1. The van der Waals surface area contributed by atoms with E-state index in [1.807, 2.05) is 18.2 Å². The van der Waals surface area contributed by atoms with E-state index in [1.165, 1.54) is 16.7 Å². The lowest BCUT2D eigenvalue weighted by Crippen LogP contribution is -2.09. The van der Waals surface area contributed by atoms with Crippen molar-refractivity contribution in [3.8, 4) is 10.6 Å². The Morgan fingerprint density at radius 1 is 1.16 bits per heavy atom. The van der Waals surface area contributed by atoms with Crippen molar-refractivity contribution in [3.05, 3.63) is 53.0 Å². The summed E-state index contributed by atoms with van der Waals surface area (Å²) in [6.07, 6.45) is 0. The van der Waals surface area contributed by atoms with Crippen molar-refractivity contribution in [2.24, 2.45) is 5.73 Å². The SMILES string of the molecule is Cc1nc(-c2ccc3ccccc3c2)sc1C(N)=O. The Kier molecular flexibility index (Phi) is 2.80. The molecule has 0 saturated heterocycles. The summed E-state index contributed by atoms with van der Waals surface area (Å²) in [5, 5.41) is 3.18. The minimum absolute atomic E-state index is 0.415. The monoisotopic (exact) mass is 268 g/mol. The van der Waals surface area contributed by atoms with Crippen molar-refractivity contribution in [3.63, 3.8) is 0 Å². The molecule has 0 aliphatic rings. The van der Waals surface area contributed by atoms with Gasteiger partial charge in [-0.1, -0.05) is 36.4 Å². The number of aryl methyl sites for hydroxylation is 1. The summed E-state index contributed by atoms with van der Waals surface area (Å²) in [6.45, 7) is 1.81. The number of benzene rings is 2. The van der Waals surface area contributed by atoms with Crippen LogP contribution in [0.5, 0.6) is 0 Å². The fourth-order valence-electron chi connectivity index (χ4n) is 2.07. The number of nitrogens with two attached hydrogens (primary N) is 1. The summed E-state index contributed by atoms with van der Waals surface area (Å²) in [5.74, 6) is -0.415. The van der Waals surface area contributed by atoms with E-state index in [9.17, 15) is 4.79 Å². The molecule has 2 aromatic carbocycles. The second kappa shape index (κ2) is 4.48. The lowest BCUT2D eigenvalue weighted by Gasteiger charge is -2.00. The standard InChI is InChI=1S/C15H12N2OS/c1-9-13(14(16)18)19-15(17-9)12-7-6-10-4-2-3-5-11(10)8-12/h2-8H,1H3,(H2,16,18). The molecule has 2 N–H and O–H groups in total. The average molecular weight is 268 g/mol. The van der Waals surface area contributed by atoms with Gasteiger partial charge in [0.2, 0.25) is 0 Å².